The summed E-state index contributed by atoms with van der Waals surface area (Å²) < 4.78 is 0. The van der Waals surface area contributed by atoms with Crippen molar-refractivity contribution < 1.29 is 0 Å². The predicted octanol–water partition coefficient (Wildman–Crippen LogP) is 4.94. The van der Waals surface area contributed by atoms with Gasteiger partial charge in [0, 0.05) is 11.1 Å². The Morgan fingerprint density at radius 3 is 2.21 bits per heavy atom. The molecule has 0 unspecified atom stereocenters. The highest BCUT2D eigenvalue weighted by Crippen LogP contribution is 2.33. The molecule has 0 heterocycles. The first-order valence-electron chi connectivity index (χ1n) is 6.19. The molecule has 0 aliphatic carbocycles. The number of rotatable bonds is 3. The van der Waals surface area contributed by atoms with E-state index in [0.29, 0.717) is 10.0 Å². The van der Waals surface area contributed by atoms with E-state index in [1.165, 1.54) is 5.56 Å². The average Bonchev–Trinajstić information content (AvgIpc) is 2.32. The molecule has 2 aromatic carbocycles. The second-order valence-electron chi connectivity index (χ2n) is 5.46. The van der Waals surface area contributed by atoms with E-state index in [1.807, 2.05) is 26.0 Å². The van der Waals surface area contributed by atoms with Crippen LogP contribution in [0.4, 0.5) is 0 Å². The highest BCUT2D eigenvalue weighted by atomic mass is 35.5. The molecular weight excluding hydrogens is 277 g/mol. The van der Waals surface area contributed by atoms with Crippen molar-refractivity contribution in [1.82, 2.24) is 0 Å². The molecule has 0 saturated carbocycles. The van der Waals surface area contributed by atoms with Gasteiger partial charge < -0.3 is 5.73 Å². The van der Waals surface area contributed by atoms with Gasteiger partial charge in [-0.15, -0.1) is 0 Å². The van der Waals surface area contributed by atoms with Gasteiger partial charge in [-0.25, -0.2) is 0 Å². The molecular formula is C16H17Cl2N. The summed E-state index contributed by atoms with van der Waals surface area (Å²) in [6.45, 7) is 4.05. The van der Waals surface area contributed by atoms with Gasteiger partial charge in [-0.05, 0) is 37.5 Å². The van der Waals surface area contributed by atoms with Crippen molar-refractivity contribution in [2.75, 3.05) is 0 Å². The summed E-state index contributed by atoms with van der Waals surface area (Å²) in [4.78, 5) is 0. The lowest BCUT2D eigenvalue weighted by Gasteiger charge is -2.18. The molecule has 1 nitrogen and oxygen atoms in total. The highest BCUT2D eigenvalue weighted by Gasteiger charge is 2.12. The van der Waals surface area contributed by atoms with Crippen molar-refractivity contribution in [2.24, 2.45) is 5.73 Å². The predicted molar refractivity (Wildman–Crippen MR) is 83.9 cm³/mol. The molecule has 3 heteroatoms. The summed E-state index contributed by atoms with van der Waals surface area (Å²) in [7, 11) is 0. The Bertz CT molecular complexity index is 568. The largest absolute Gasteiger partial charge is 0.325 e. The topological polar surface area (TPSA) is 26.0 Å². The smallest absolute Gasteiger partial charge is 0.0670 e. The van der Waals surface area contributed by atoms with Gasteiger partial charge >= 0.3 is 0 Å². The number of hydrogen-bond acceptors (Lipinski definition) is 1. The Hall–Kier alpha value is -1.02. The molecule has 0 spiro atoms. The van der Waals surface area contributed by atoms with E-state index in [0.717, 1.165) is 17.5 Å². The van der Waals surface area contributed by atoms with Gasteiger partial charge in [0.1, 0.15) is 0 Å². The van der Waals surface area contributed by atoms with E-state index in [9.17, 15) is 0 Å². The van der Waals surface area contributed by atoms with Gasteiger partial charge in [0.15, 0.2) is 0 Å². The summed E-state index contributed by atoms with van der Waals surface area (Å²) in [5, 5.41) is 1.17. The lowest BCUT2D eigenvalue weighted by molar-refractivity contribution is 0.517. The van der Waals surface area contributed by atoms with Crippen LogP contribution in [0, 0.1) is 0 Å². The van der Waals surface area contributed by atoms with E-state index in [-0.39, 0.29) is 5.54 Å². The Labute approximate surface area is 124 Å². The third kappa shape index (κ3) is 3.73. The molecule has 0 bridgehead atoms. The summed E-state index contributed by atoms with van der Waals surface area (Å²) in [5.41, 5.74) is 9.05. The molecule has 2 aromatic rings. The van der Waals surface area contributed by atoms with Crippen molar-refractivity contribution in [3.05, 3.63) is 58.1 Å². The van der Waals surface area contributed by atoms with Crippen LogP contribution in [0.2, 0.25) is 10.0 Å². The first-order chi connectivity index (χ1) is 8.87. The summed E-state index contributed by atoms with van der Waals surface area (Å²) >= 11 is 12.3. The SMILES string of the molecule is CC(C)(N)Cc1ccc(-c2cccc(Cl)c2Cl)cc1. The Kier molecular flexibility index (Phi) is 4.19. The number of halogens is 2. The van der Waals surface area contributed by atoms with Crippen LogP contribution in [0.25, 0.3) is 11.1 Å². The van der Waals surface area contributed by atoms with Crippen LogP contribution in [-0.4, -0.2) is 5.54 Å². The average molecular weight is 294 g/mol. The van der Waals surface area contributed by atoms with E-state index in [4.69, 9.17) is 28.9 Å². The van der Waals surface area contributed by atoms with Crippen LogP contribution in [0.15, 0.2) is 42.5 Å². The van der Waals surface area contributed by atoms with Crippen molar-refractivity contribution in [2.45, 2.75) is 25.8 Å². The van der Waals surface area contributed by atoms with E-state index in [2.05, 4.69) is 24.3 Å². The first-order valence-corrected chi connectivity index (χ1v) is 6.95. The highest BCUT2D eigenvalue weighted by molar-refractivity contribution is 6.43. The van der Waals surface area contributed by atoms with Crippen LogP contribution >= 0.6 is 23.2 Å². The minimum atomic E-state index is -0.199. The van der Waals surface area contributed by atoms with E-state index >= 15 is 0 Å². The zero-order chi connectivity index (χ0) is 14.0. The van der Waals surface area contributed by atoms with Gasteiger partial charge in [0.05, 0.1) is 10.0 Å². The minimum absolute atomic E-state index is 0.199. The molecule has 19 heavy (non-hydrogen) atoms. The van der Waals surface area contributed by atoms with Crippen LogP contribution < -0.4 is 5.73 Å². The van der Waals surface area contributed by atoms with Crippen LogP contribution in [0.5, 0.6) is 0 Å². The fourth-order valence-corrected chi connectivity index (χ4v) is 2.46. The maximum Gasteiger partial charge on any atom is 0.0670 e. The number of hydrogen-bond donors (Lipinski definition) is 1. The maximum atomic E-state index is 6.22. The number of nitrogens with two attached hydrogens (primary N) is 1. The van der Waals surface area contributed by atoms with Crippen molar-refractivity contribution in [3.63, 3.8) is 0 Å². The molecule has 2 rings (SSSR count). The molecule has 0 aromatic heterocycles. The van der Waals surface area contributed by atoms with Gasteiger partial charge in [-0.1, -0.05) is 59.6 Å². The summed E-state index contributed by atoms with van der Waals surface area (Å²) in [6.07, 6.45) is 0.844. The third-order valence-electron chi connectivity index (χ3n) is 2.88. The van der Waals surface area contributed by atoms with Gasteiger partial charge in [-0.2, -0.15) is 0 Å². The number of benzene rings is 2. The standard InChI is InChI=1S/C16H17Cl2N/c1-16(2,19)10-11-6-8-12(9-7-11)13-4-3-5-14(17)15(13)18/h3-9H,10,19H2,1-2H3. The maximum absolute atomic E-state index is 6.22. The second-order valence-corrected chi connectivity index (χ2v) is 6.25. The van der Waals surface area contributed by atoms with E-state index in [1.54, 1.807) is 6.07 Å². The van der Waals surface area contributed by atoms with Crippen LogP contribution in [0.3, 0.4) is 0 Å². The van der Waals surface area contributed by atoms with E-state index < -0.39 is 0 Å². The van der Waals surface area contributed by atoms with Crippen molar-refractivity contribution in [1.29, 1.82) is 0 Å². The fraction of sp³-hybridized carbons (Fsp3) is 0.250. The quantitative estimate of drug-likeness (QED) is 0.852. The summed E-state index contributed by atoms with van der Waals surface area (Å²) in [6, 6.07) is 13.9. The first kappa shape index (κ1) is 14.4. The Morgan fingerprint density at radius 1 is 1.00 bits per heavy atom. The summed E-state index contributed by atoms with van der Waals surface area (Å²) in [5.74, 6) is 0. The molecule has 0 aliphatic rings. The molecule has 0 saturated heterocycles. The van der Waals surface area contributed by atoms with Gasteiger partial charge in [-0.3, -0.25) is 0 Å². The van der Waals surface area contributed by atoms with Crippen molar-refractivity contribution >= 4 is 23.2 Å². The molecule has 2 N–H and O–H groups in total. The van der Waals surface area contributed by atoms with Crippen LogP contribution in [0.1, 0.15) is 19.4 Å². The van der Waals surface area contributed by atoms with Crippen LogP contribution in [-0.2, 0) is 6.42 Å². The zero-order valence-electron chi connectivity index (χ0n) is 11.1. The lowest BCUT2D eigenvalue weighted by Crippen LogP contribution is -2.34. The van der Waals surface area contributed by atoms with Crippen molar-refractivity contribution in [3.8, 4) is 11.1 Å². The normalized spacial score (nSPS) is 11.6. The lowest BCUT2D eigenvalue weighted by atomic mass is 9.94. The Balaban J connectivity index is 2.30. The minimum Gasteiger partial charge on any atom is -0.325 e. The molecule has 0 amide bonds. The molecule has 0 fully saturated rings. The third-order valence-corrected chi connectivity index (χ3v) is 3.70. The van der Waals surface area contributed by atoms with Gasteiger partial charge in [0.25, 0.3) is 0 Å². The fourth-order valence-electron chi connectivity index (χ4n) is 2.06. The molecule has 0 atom stereocenters. The van der Waals surface area contributed by atoms with Gasteiger partial charge in [0.2, 0.25) is 0 Å². The monoisotopic (exact) mass is 293 g/mol. The molecule has 0 aliphatic heterocycles. The Morgan fingerprint density at radius 2 is 1.63 bits per heavy atom. The zero-order valence-corrected chi connectivity index (χ0v) is 12.6. The second kappa shape index (κ2) is 5.54. The molecule has 0 radical (unpaired) electrons. The molecule has 100 valence electrons.